The highest BCUT2D eigenvalue weighted by molar-refractivity contribution is 7.12. The van der Waals surface area contributed by atoms with E-state index < -0.39 is 5.97 Å². The fourth-order valence-corrected chi connectivity index (χ4v) is 2.64. The number of aryl methyl sites for hydroxylation is 2. The van der Waals surface area contributed by atoms with E-state index in [1.165, 1.54) is 10.4 Å². The topological polar surface area (TPSA) is 78.4 Å². The maximum Gasteiger partial charge on any atom is 0.315 e. The Morgan fingerprint density at radius 3 is 2.58 bits per heavy atom. The molecule has 1 aromatic heterocycles. The van der Waals surface area contributed by atoms with E-state index in [-0.39, 0.29) is 18.5 Å². The number of aliphatic carboxylic acids is 1. The number of rotatable bonds is 6. The van der Waals surface area contributed by atoms with Crippen LogP contribution in [0, 0.1) is 13.8 Å². The summed E-state index contributed by atoms with van der Waals surface area (Å²) in [5, 5.41) is 14.1. The van der Waals surface area contributed by atoms with Crippen LogP contribution in [0.1, 0.15) is 35.1 Å². The molecule has 1 atom stereocenters. The minimum atomic E-state index is -0.906. The molecule has 0 aliphatic carbocycles. The molecule has 19 heavy (non-hydrogen) atoms. The Bertz CT molecular complexity index is 437. The average molecular weight is 284 g/mol. The molecule has 6 heteroatoms. The third kappa shape index (κ3) is 5.30. The summed E-state index contributed by atoms with van der Waals surface area (Å²) >= 11 is 1.66. The zero-order valence-corrected chi connectivity index (χ0v) is 12.3. The van der Waals surface area contributed by atoms with Gasteiger partial charge in [-0.1, -0.05) is 6.92 Å². The molecule has 0 spiro atoms. The third-order valence-electron chi connectivity index (χ3n) is 2.89. The zero-order chi connectivity index (χ0) is 14.4. The first kappa shape index (κ1) is 15.5. The largest absolute Gasteiger partial charge is 0.481 e. The number of hydrogen-bond acceptors (Lipinski definition) is 3. The molecule has 1 rings (SSSR count). The van der Waals surface area contributed by atoms with Gasteiger partial charge < -0.3 is 15.7 Å². The van der Waals surface area contributed by atoms with Crippen molar-refractivity contribution in [2.45, 2.75) is 46.2 Å². The maximum absolute atomic E-state index is 11.6. The molecule has 0 aromatic carbocycles. The van der Waals surface area contributed by atoms with E-state index in [2.05, 4.69) is 16.7 Å². The lowest BCUT2D eigenvalue weighted by Gasteiger charge is -2.15. The Morgan fingerprint density at radius 1 is 1.42 bits per heavy atom. The number of carboxylic acid groups (broad SMARTS) is 1. The number of thiophene rings is 1. The Kier molecular flexibility index (Phi) is 5.82. The summed E-state index contributed by atoms with van der Waals surface area (Å²) in [5.74, 6) is -0.906. The maximum atomic E-state index is 11.6. The third-order valence-corrected chi connectivity index (χ3v) is 4.04. The molecule has 5 nitrogen and oxygen atoms in total. The van der Waals surface area contributed by atoms with Gasteiger partial charge in [0.25, 0.3) is 0 Å². The van der Waals surface area contributed by atoms with Crippen LogP contribution in [0.4, 0.5) is 4.79 Å². The summed E-state index contributed by atoms with van der Waals surface area (Å²) in [6.45, 7) is 6.40. The van der Waals surface area contributed by atoms with Gasteiger partial charge >= 0.3 is 12.0 Å². The lowest BCUT2D eigenvalue weighted by molar-refractivity contribution is -0.137. The van der Waals surface area contributed by atoms with Gasteiger partial charge in [0.05, 0.1) is 13.0 Å². The molecule has 106 valence electrons. The lowest BCUT2D eigenvalue weighted by Crippen LogP contribution is -2.42. The van der Waals surface area contributed by atoms with Crippen LogP contribution < -0.4 is 10.6 Å². The van der Waals surface area contributed by atoms with Crippen molar-refractivity contribution >= 4 is 23.3 Å². The van der Waals surface area contributed by atoms with E-state index in [0.29, 0.717) is 13.0 Å². The van der Waals surface area contributed by atoms with Crippen LogP contribution in [0.5, 0.6) is 0 Å². The number of hydrogen-bond donors (Lipinski definition) is 3. The molecule has 1 aromatic rings. The smallest absolute Gasteiger partial charge is 0.315 e. The second-order valence-corrected chi connectivity index (χ2v) is 5.82. The molecule has 2 amide bonds. The fourth-order valence-electron chi connectivity index (χ4n) is 1.65. The van der Waals surface area contributed by atoms with Crippen molar-refractivity contribution in [3.05, 3.63) is 21.4 Å². The normalized spacial score (nSPS) is 11.9. The van der Waals surface area contributed by atoms with Gasteiger partial charge in [-0.05, 0) is 31.9 Å². The molecule has 0 bridgehead atoms. The number of carbonyl (C=O) groups excluding carboxylic acids is 1. The molecule has 0 saturated heterocycles. The van der Waals surface area contributed by atoms with Gasteiger partial charge in [0.2, 0.25) is 0 Å². The van der Waals surface area contributed by atoms with E-state index in [0.717, 1.165) is 4.88 Å². The molecule has 0 aliphatic heterocycles. The molecule has 0 aliphatic rings. The summed E-state index contributed by atoms with van der Waals surface area (Å²) in [6.07, 6.45) is 0.540. The van der Waals surface area contributed by atoms with Crippen molar-refractivity contribution in [1.29, 1.82) is 0 Å². The van der Waals surface area contributed by atoms with Gasteiger partial charge in [0, 0.05) is 15.8 Å². The van der Waals surface area contributed by atoms with E-state index in [9.17, 15) is 9.59 Å². The predicted octanol–water partition coefficient (Wildman–Crippen LogP) is 2.42. The van der Waals surface area contributed by atoms with E-state index in [1.807, 2.05) is 20.8 Å². The van der Waals surface area contributed by atoms with E-state index >= 15 is 0 Å². The number of nitrogens with one attached hydrogen (secondary N) is 2. The van der Waals surface area contributed by atoms with Crippen molar-refractivity contribution in [3.8, 4) is 0 Å². The number of urea groups is 1. The minimum absolute atomic E-state index is 0.0544. The summed E-state index contributed by atoms with van der Waals surface area (Å²) in [7, 11) is 0. The van der Waals surface area contributed by atoms with Gasteiger partial charge in [-0.2, -0.15) is 0 Å². The first-order valence-corrected chi connectivity index (χ1v) is 7.06. The van der Waals surface area contributed by atoms with Crippen molar-refractivity contribution < 1.29 is 14.7 Å². The summed E-state index contributed by atoms with van der Waals surface area (Å²) in [5.41, 5.74) is 1.22. The second-order valence-electron chi connectivity index (χ2n) is 4.48. The van der Waals surface area contributed by atoms with Crippen LogP contribution in [0.25, 0.3) is 0 Å². The Balaban J connectivity index is 2.40. The van der Waals surface area contributed by atoms with Gasteiger partial charge in [0.1, 0.15) is 0 Å². The van der Waals surface area contributed by atoms with Crippen molar-refractivity contribution in [2.75, 3.05) is 0 Å². The van der Waals surface area contributed by atoms with Crippen LogP contribution in [0.15, 0.2) is 6.07 Å². The number of carbonyl (C=O) groups is 2. The number of carboxylic acids is 1. The van der Waals surface area contributed by atoms with Crippen LogP contribution in [0.3, 0.4) is 0 Å². The monoisotopic (exact) mass is 284 g/mol. The number of amides is 2. The first-order valence-electron chi connectivity index (χ1n) is 6.24. The highest BCUT2D eigenvalue weighted by Gasteiger charge is 2.13. The minimum Gasteiger partial charge on any atom is -0.481 e. The molecule has 3 N–H and O–H groups in total. The molecule has 1 heterocycles. The van der Waals surface area contributed by atoms with Crippen LogP contribution >= 0.6 is 11.3 Å². The Morgan fingerprint density at radius 2 is 2.11 bits per heavy atom. The van der Waals surface area contributed by atoms with E-state index in [4.69, 9.17) is 5.11 Å². The molecule has 1 unspecified atom stereocenters. The SMILES string of the molecule is CCC(CC(=O)O)NC(=O)NCc1cc(C)c(C)s1. The van der Waals surface area contributed by atoms with Crippen LogP contribution in [-0.2, 0) is 11.3 Å². The fraction of sp³-hybridized carbons (Fsp3) is 0.538. The highest BCUT2D eigenvalue weighted by atomic mass is 32.1. The summed E-state index contributed by atoms with van der Waals surface area (Å²) in [6, 6.07) is 1.40. The van der Waals surface area contributed by atoms with Crippen LogP contribution in [-0.4, -0.2) is 23.1 Å². The Hall–Kier alpha value is -1.56. The summed E-state index contributed by atoms with van der Waals surface area (Å²) in [4.78, 5) is 24.6. The van der Waals surface area contributed by atoms with E-state index in [1.54, 1.807) is 11.3 Å². The predicted molar refractivity (Wildman–Crippen MR) is 75.5 cm³/mol. The van der Waals surface area contributed by atoms with Crippen molar-refractivity contribution in [2.24, 2.45) is 0 Å². The van der Waals surface area contributed by atoms with Crippen molar-refractivity contribution in [3.63, 3.8) is 0 Å². The molecule has 0 fully saturated rings. The Labute approximate surface area is 117 Å². The van der Waals surface area contributed by atoms with Gasteiger partial charge in [0.15, 0.2) is 0 Å². The molecular formula is C13H20N2O3S. The van der Waals surface area contributed by atoms with Gasteiger partial charge in [-0.15, -0.1) is 11.3 Å². The summed E-state index contributed by atoms with van der Waals surface area (Å²) < 4.78 is 0. The molecule has 0 radical (unpaired) electrons. The van der Waals surface area contributed by atoms with Gasteiger partial charge in [-0.25, -0.2) is 4.79 Å². The van der Waals surface area contributed by atoms with Gasteiger partial charge in [-0.3, -0.25) is 4.79 Å². The standard InChI is InChI=1S/C13H20N2O3S/c1-4-10(6-12(16)17)15-13(18)14-7-11-5-8(2)9(3)19-11/h5,10H,4,6-7H2,1-3H3,(H,16,17)(H2,14,15,18). The highest BCUT2D eigenvalue weighted by Crippen LogP contribution is 2.20. The average Bonchev–Trinajstić information content (AvgIpc) is 2.65. The van der Waals surface area contributed by atoms with Crippen molar-refractivity contribution in [1.82, 2.24) is 10.6 Å². The van der Waals surface area contributed by atoms with Crippen LogP contribution in [0.2, 0.25) is 0 Å². The molecule has 0 saturated carbocycles. The quantitative estimate of drug-likeness (QED) is 0.750. The molecular weight excluding hydrogens is 264 g/mol. The first-order chi connectivity index (χ1) is 8.92. The lowest BCUT2D eigenvalue weighted by atomic mass is 10.1. The second kappa shape index (κ2) is 7.13. The zero-order valence-electron chi connectivity index (χ0n) is 11.4.